The molecule has 1 heterocycles. The standard InChI is InChI=1S/C9H14N4O2/c1-6(9(14)12-7-2-3-7)10-4-8-11-5-15-13-8/h5-7,10H,2-4H2,1H3,(H,12,14). The lowest BCUT2D eigenvalue weighted by Crippen LogP contribution is -2.42. The van der Waals surface area contributed by atoms with Crippen LogP contribution in [0.5, 0.6) is 0 Å². The molecular formula is C9H14N4O2. The number of carbonyl (C=O) groups is 1. The van der Waals surface area contributed by atoms with Gasteiger partial charge in [0.05, 0.1) is 12.6 Å². The summed E-state index contributed by atoms with van der Waals surface area (Å²) in [5.74, 6) is 0.585. The van der Waals surface area contributed by atoms with Crippen LogP contribution in [0.3, 0.4) is 0 Å². The molecule has 1 aromatic heterocycles. The van der Waals surface area contributed by atoms with E-state index in [4.69, 9.17) is 0 Å². The zero-order chi connectivity index (χ0) is 10.7. The highest BCUT2D eigenvalue weighted by molar-refractivity contribution is 5.81. The predicted octanol–water partition coefficient (Wildman–Crippen LogP) is -0.174. The van der Waals surface area contributed by atoms with Gasteiger partial charge in [0, 0.05) is 6.04 Å². The van der Waals surface area contributed by atoms with Crippen molar-refractivity contribution in [3.05, 3.63) is 12.2 Å². The number of rotatable bonds is 5. The first-order chi connectivity index (χ1) is 7.25. The monoisotopic (exact) mass is 210 g/mol. The maximum absolute atomic E-state index is 11.5. The molecule has 1 aliphatic rings. The molecule has 1 atom stereocenters. The van der Waals surface area contributed by atoms with Crippen molar-refractivity contribution in [2.24, 2.45) is 0 Å². The molecule has 0 spiro atoms. The van der Waals surface area contributed by atoms with E-state index in [2.05, 4.69) is 25.3 Å². The van der Waals surface area contributed by atoms with Gasteiger partial charge >= 0.3 is 0 Å². The Hall–Kier alpha value is -1.43. The highest BCUT2D eigenvalue weighted by Crippen LogP contribution is 2.18. The van der Waals surface area contributed by atoms with Gasteiger partial charge < -0.3 is 9.84 Å². The van der Waals surface area contributed by atoms with Gasteiger partial charge in [-0.15, -0.1) is 0 Å². The van der Waals surface area contributed by atoms with E-state index in [1.165, 1.54) is 6.39 Å². The minimum atomic E-state index is -0.232. The molecule has 1 aliphatic carbocycles. The summed E-state index contributed by atoms with van der Waals surface area (Å²) in [5.41, 5.74) is 0. The van der Waals surface area contributed by atoms with Crippen molar-refractivity contribution in [2.45, 2.75) is 38.4 Å². The lowest BCUT2D eigenvalue weighted by molar-refractivity contribution is -0.122. The fraction of sp³-hybridized carbons (Fsp3) is 0.667. The fourth-order valence-corrected chi connectivity index (χ4v) is 1.16. The minimum Gasteiger partial charge on any atom is -0.352 e. The number of nitrogens with zero attached hydrogens (tertiary/aromatic N) is 2. The molecule has 2 rings (SSSR count). The van der Waals surface area contributed by atoms with Gasteiger partial charge in [0.2, 0.25) is 12.3 Å². The van der Waals surface area contributed by atoms with Gasteiger partial charge in [-0.2, -0.15) is 4.98 Å². The molecule has 82 valence electrons. The average molecular weight is 210 g/mol. The summed E-state index contributed by atoms with van der Waals surface area (Å²) in [6.07, 6.45) is 3.47. The van der Waals surface area contributed by atoms with Gasteiger partial charge in [-0.25, -0.2) is 0 Å². The van der Waals surface area contributed by atoms with Gasteiger partial charge in [0.15, 0.2) is 5.82 Å². The van der Waals surface area contributed by atoms with Crippen molar-refractivity contribution in [2.75, 3.05) is 0 Å². The van der Waals surface area contributed by atoms with Crippen molar-refractivity contribution in [3.63, 3.8) is 0 Å². The van der Waals surface area contributed by atoms with Crippen LogP contribution >= 0.6 is 0 Å². The zero-order valence-corrected chi connectivity index (χ0v) is 8.56. The Balaban J connectivity index is 1.71. The van der Waals surface area contributed by atoms with Gasteiger partial charge in [-0.1, -0.05) is 5.16 Å². The van der Waals surface area contributed by atoms with E-state index >= 15 is 0 Å². The van der Waals surface area contributed by atoms with E-state index in [-0.39, 0.29) is 11.9 Å². The van der Waals surface area contributed by atoms with Crippen molar-refractivity contribution < 1.29 is 9.32 Å². The first-order valence-corrected chi connectivity index (χ1v) is 5.04. The maximum atomic E-state index is 11.5. The number of nitrogens with one attached hydrogen (secondary N) is 2. The van der Waals surface area contributed by atoms with Crippen LogP contribution in [0.4, 0.5) is 0 Å². The van der Waals surface area contributed by atoms with E-state index in [0.717, 1.165) is 12.8 Å². The minimum absolute atomic E-state index is 0.0287. The molecule has 0 bridgehead atoms. The second-order valence-corrected chi connectivity index (χ2v) is 3.73. The lowest BCUT2D eigenvalue weighted by Gasteiger charge is -2.11. The highest BCUT2D eigenvalue weighted by Gasteiger charge is 2.25. The van der Waals surface area contributed by atoms with Crippen LogP contribution in [0, 0.1) is 0 Å². The lowest BCUT2D eigenvalue weighted by atomic mass is 10.3. The van der Waals surface area contributed by atoms with Crippen LogP contribution in [0.1, 0.15) is 25.6 Å². The predicted molar refractivity (Wildman–Crippen MR) is 51.8 cm³/mol. The van der Waals surface area contributed by atoms with Gasteiger partial charge in [0.1, 0.15) is 0 Å². The van der Waals surface area contributed by atoms with E-state index < -0.39 is 0 Å². The van der Waals surface area contributed by atoms with Gasteiger partial charge in [-0.05, 0) is 19.8 Å². The first-order valence-electron chi connectivity index (χ1n) is 5.04. The summed E-state index contributed by atoms with van der Waals surface area (Å²) >= 11 is 0. The molecular weight excluding hydrogens is 196 g/mol. The van der Waals surface area contributed by atoms with E-state index in [0.29, 0.717) is 18.4 Å². The van der Waals surface area contributed by atoms with E-state index in [9.17, 15) is 4.79 Å². The van der Waals surface area contributed by atoms with Crippen molar-refractivity contribution in [1.29, 1.82) is 0 Å². The number of amides is 1. The Morgan fingerprint density at radius 1 is 1.73 bits per heavy atom. The Bertz CT molecular complexity index is 321. The number of hydrogen-bond acceptors (Lipinski definition) is 5. The molecule has 6 heteroatoms. The molecule has 6 nitrogen and oxygen atoms in total. The van der Waals surface area contributed by atoms with Gasteiger partial charge in [-0.3, -0.25) is 10.1 Å². The summed E-state index contributed by atoms with van der Waals surface area (Å²) in [6, 6.07) is 0.163. The Kier molecular flexibility index (Phi) is 2.96. The molecule has 1 amide bonds. The fourth-order valence-electron chi connectivity index (χ4n) is 1.16. The zero-order valence-electron chi connectivity index (χ0n) is 8.56. The molecule has 0 saturated heterocycles. The summed E-state index contributed by atoms with van der Waals surface area (Å²) in [5, 5.41) is 9.58. The quantitative estimate of drug-likeness (QED) is 0.705. The van der Waals surface area contributed by atoms with Gasteiger partial charge in [0.25, 0.3) is 0 Å². The summed E-state index contributed by atoms with van der Waals surface area (Å²) < 4.78 is 4.58. The normalized spacial score (nSPS) is 17.4. The Labute approximate surface area is 87.4 Å². The van der Waals surface area contributed by atoms with Crippen molar-refractivity contribution in [1.82, 2.24) is 20.8 Å². The van der Waals surface area contributed by atoms with Crippen LogP contribution in [-0.2, 0) is 11.3 Å². The molecule has 0 radical (unpaired) electrons. The second kappa shape index (κ2) is 4.39. The number of carbonyl (C=O) groups excluding carboxylic acids is 1. The largest absolute Gasteiger partial charge is 0.352 e. The molecule has 0 aromatic carbocycles. The van der Waals surface area contributed by atoms with Crippen LogP contribution in [0.15, 0.2) is 10.9 Å². The van der Waals surface area contributed by atoms with E-state index in [1.54, 1.807) is 0 Å². The van der Waals surface area contributed by atoms with Crippen molar-refractivity contribution >= 4 is 5.91 Å². The average Bonchev–Trinajstić information content (AvgIpc) is 2.88. The van der Waals surface area contributed by atoms with Crippen LogP contribution < -0.4 is 10.6 Å². The van der Waals surface area contributed by atoms with Crippen LogP contribution in [0.25, 0.3) is 0 Å². The van der Waals surface area contributed by atoms with E-state index in [1.807, 2.05) is 6.92 Å². The highest BCUT2D eigenvalue weighted by atomic mass is 16.5. The molecule has 1 fully saturated rings. The van der Waals surface area contributed by atoms with Crippen LogP contribution in [-0.4, -0.2) is 28.1 Å². The first kappa shape index (κ1) is 10.1. The third-order valence-electron chi connectivity index (χ3n) is 2.29. The molecule has 1 aromatic rings. The SMILES string of the molecule is CC(NCc1ncon1)C(=O)NC1CC1. The third kappa shape index (κ3) is 3.02. The van der Waals surface area contributed by atoms with Crippen LogP contribution in [0.2, 0.25) is 0 Å². The van der Waals surface area contributed by atoms with Crippen molar-refractivity contribution in [3.8, 4) is 0 Å². The third-order valence-corrected chi connectivity index (χ3v) is 2.29. The summed E-state index contributed by atoms with van der Waals surface area (Å²) in [6.45, 7) is 2.26. The molecule has 2 N–H and O–H groups in total. The Morgan fingerprint density at radius 3 is 3.13 bits per heavy atom. The summed E-state index contributed by atoms with van der Waals surface area (Å²) in [7, 11) is 0. The second-order valence-electron chi connectivity index (χ2n) is 3.73. The maximum Gasteiger partial charge on any atom is 0.237 e. The molecule has 1 saturated carbocycles. The Morgan fingerprint density at radius 2 is 2.53 bits per heavy atom. The smallest absolute Gasteiger partial charge is 0.237 e. The molecule has 1 unspecified atom stereocenters. The topological polar surface area (TPSA) is 80.1 Å². The molecule has 15 heavy (non-hydrogen) atoms. The molecule has 0 aliphatic heterocycles. The number of aromatic nitrogens is 2. The summed E-state index contributed by atoms with van der Waals surface area (Å²) in [4.78, 5) is 15.4. The number of hydrogen-bond donors (Lipinski definition) is 2.